The van der Waals surface area contributed by atoms with Gasteiger partial charge in [-0.3, -0.25) is 0 Å². The molecule has 1 saturated heterocycles. The maximum absolute atomic E-state index is 2.59. The molecule has 1 aliphatic heterocycles. The van der Waals surface area contributed by atoms with Crippen LogP contribution in [-0.2, 0) is 0 Å². The van der Waals surface area contributed by atoms with Crippen LogP contribution in [0.15, 0.2) is 54.6 Å². The average Bonchev–Trinajstić information content (AvgIpc) is 2.49. The molecule has 0 saturated carbocycles. The van der Waals surface area contributed by atoms with E-state index in [1.54, 1.807) is 5.19 Å². The number of rotatable bonds is 2. The quantitative estimate of drug-likeness (QED) is 0.683. The normalized spacial score (nSPS) is 18.2. The highest BCUT2D eigenvalue weighted by molar-refractivity contribution is 6.91. The minimum Gasteiger partial charge on any atom is -0.0652 e. The molecule has 2 aromatic carbocycles. The van der Waals surface area contributed by atoms with Gasteiger partial charge in [-0.05, 0) is 11.1 Å². The first-order chi connectivity index (χ1) is 9.30. The fourth-order valence-electron chi connectivity index (χ4n) is 3.48. The minimum absolute atomic E-state index is 1.24. The molecule has 1 heterocycles. The van der Waals surface area contributed by atoms with Crippen molar-refractivity contribution in [2.24, 2.45) is 0 Å². The molecule has 0 amide bonds. The van der Waals surface area contributed by atoms with Gasteiger partial charge in [0.1, 0.15) is 0 Å². The van der Waals surface area contributed by atoms with E-state index in [0.717, 1.165) is 0 Å². The summed E-state index contributed by atoms with van der Waals surface area (Å²) in [6.07, 6.45) is 4.31. The van der Waals surface area contributed by atoms with E-state index in [4.69, 9.17) is 0 Å². The molecule has 1 heteroatoms. The monoisotopic (exact) mass is 266 g/mol. The van der Waals surface area contributed by atoms with Crippen molar-refractivity contribution in [2.45, 2.75) is 37.9 Å². The lowest BCUT2D eigenvalue weighted by molar-refractivity contribution is 0.717. The van der Waals surface area contributed by atoms with Crippen LogP contribution in [-0.4, -0.2) is 8.07 Å². The Hall–Kier alpha value is -1.34. The van der Waals surface area contributed by atoms with E-state index in [1.165, 1.54) is 42.5 Å². The summed E-state index contributed by atoms with van der Waals surface area (Å²) in [6, 6.07) is 23.0. The molecule has 0 aromatic heterocycles. The Morgan fingerprint density at radius 3 is 2.11 bits per heavy atom. The first-order valence-electron chi connectivity index (χ1n) is 7.45. The summed E-state index contributed by atoms with van der Waals surface area (Å²) in [5, 5.41) is 1.68. The second-order valence-electron chi connectivity index (χ2n) is 6.03. The predicted octanol–water partition coefficient (Wildman–Crippen LogP) is 4.82. The summed E-state index contributed by atoms with van der Waals surface area (Å²) in [5.41, 5.74) is 2.87. The Kier molecular flexibility index (Phi) is 3.56. The van der Waals surface area contributed by atoms with E-state index in [1.807, 2.05) is 0 Å². The molecule has 0 bridgehead atoms. The smallest absolute Gasteiger partial charge is 0.0652 e. The molecule has 2 aromatic rings. The van der Waals surface area contributed by atoms with Gasteiger partial charge in [0.25, 0.3) is 0 Å². The van der Waals surface area contributed by atoms with Crippen molar-refractivity contribution in [1.29, 1.82) is 0 Å². The van der Waals surface area contributed by atoms with Gasteiger partial charge in [0.15, 0.2) is 0 Å². The molecule has 0 unspecified atom stereocenters. The third-order valence-electron chi connectivity index (χ3n) is 4.62. The van der Waals surface area contributed by atoms with Gasteiger partial charge in [0.2, 0.25) is 0 Å². The molecule has 0 spiro atoms. The van der Waals surface area contributed by atoms with Crippen molar-refractivity contribution in [3.63, 3.8) is 0 Å². The predicted molar refractivity (Wildman–Crippen MR) is 86.6 cm³/mol. The average molecular weight is 266 g/mol. The molecular weight excluding hydrogens is 244 g/mol. The van der Waals surface area contributed by atoms with Crippen LogP contribution >= 0.6 is 0 Å². The SMILES string of the molecule is C[Si]1(c2ccccc2-c2ccccc2)CCCCC1. The van der Waals surface area contributed by atoms with Crippen LogP contribution < -0.4 is 5.19 Å². The zero-order valence-corrected chi connectivity index (χ0v) is 12.7. The molecule has 3 rings (SSSR count). The van der Waals surface area contributed by atoms with Gasteiger partial charge in [-0.2, -0.15) is 0 Å². The van der Waals surface area contributed by atoms with Crippen molar-refractivity contribution in [2.75, 3.05) is 0 Å². The molecule has 0 nitrogen and oxygen atoms in total. The van der Waals surface area contributed by atoms with E-state index in [2.05, 4.69) is 61.1 Å². The number of hydrogen-bond donors (Lipinski definition) is 0. The van der Waals surface area contributed by atoms with Gasteiger partial charge in [0.05, 0.1) is 8.07 Å². The van der Waals surface area contributed by atoms with E-state index < -0.39 is 8.07 Å². The second-order valence-corrected chi connectivity index (χ2v) is 10.7. The molecule has 98 valence electrons. The summed E-state index contributed by atoms with van der Waals surface area (Å²) in [6.45, 7) is 2.59. The Morgan fingerprint density at radius 2 is 1.37 bits per heavy atom. The summed E-state index contributed by atoms with van der Waals surface area (Å²) in [7, 11) is -1.24. The van der Waals surface area contributed by atoms with Gasteiger partial charge < -0.3 is 0 Å². The topological polar surface area (TPSA) is 0 Å². The highest BCUT2D eigenvalue weighted by atomic mass is 28.3. The Bertz CT molecular complexity index is 539. The van der Waals surface area contributed by atoms with Crippen molar-refractivity contribution in [3.05, 3.63) is 54.6 Å². The lowest BCUT2D eigenvalue weighted by Gasteiger charge is -2.33. The highest BCUT2D eigenvalue weighted by Crippen LogP contribution is 2.31. The summed E-state index contributed by atoms with van der Waals surface area (Å²) in [5.74, 6) is 0. The van der Waals surface area contributed by atoms with Gasteiger partial charge in [0, 0.05) is 0 Å². The van der Waals surface area contributed by atoms with Gasteiger partial charge in [-0.1, -0.05) is 97.7 Å². The first kappa shape index (κ1) is 12.7. The highest BCUT2D eigenvalue weighted by Gasteiger charge is 2.32. The fraction of sp³-hybridized carbons (Fsp3) is 0.333. The van der Waals surface area contributed by atoms with Crippen LogP contribution in [0, 0.1) is 0 Å². The molecule has 0 atom stereocenters. The van der Waals surface area contributed by atoms with Gasteiger partial charge >= 0.3 is 0 Å². The lowest BCUT2D eigenvalue weighted by atomic mass is 10.1. The van der Waals surface area contributed by atoms with E-state index in [-0.39, 0.29) is 0 Å². The van der Waals surface area contributed by atoms with Crippen LogP contribution in [0.2, 0.25) is 18.6 Å². The van der Waals surface area contributed by atoms with Crippen LogP contribution in [0.25, 0.3) is 11.1 Å². The largest absolute Gasteiger partial charge is 0.0844 e. The lowest BCUT2D eigenvalue weighted by Crippen LogP contribution is -2.46. The molecule has 0 aliphatic carbocycles. The molecule has 0 radical (unpaired) electrons. The van der Waals surface area contributed by atoms with E-state index in [0.29, 0.717) is 0 Å². The zero-order valence-electron chi connectivity index (χ0n) is 11.7. The van der Waals surface area contributed by atoms with Crippen LogP contribution in [0.4, 0.5) is 0 Å². The Labute approximate surface area is 117 Å². The third-order valence-corrected chi connectivity index (χ3v) is 9.27. The second kappa shape index (κ2) is 5.34. The van der Waals surface area contributed by atoms with Crippen molar-refractivity contribution in [3.8, 4) is 11.1 Å². The fourth-order valence-corrected chi connectivity index (χ4v) is 7.71. The summed E-state index contributed by atoms with van der Waals surface area (Å²) < 4.78 is 0. The minimum atomic E-state index is -1.24. The molecule has 0 N–H and O–H groups in total. The third kappa shape index (κ3) is 2.52. The molecular formula is C18H22Si. The van der Waals surface area contributed by atoms with Crippen LogP contribution in [0.1, 0.15) is 19.3 Å². The molecule has 19 heavy (non-hydrogen) atoms. The van der Waals surface area contributed by atoms with E-state index in [9.17, 15) is 0 Å². The number of hydrogen-bond acceptors (Lipinski definition) is 0. The first-order valence-corrected chi connectivity index (χ1v) is 10.4. The van der Waals surface area contributed by atoms with Crippen molar-refractivity contribution >= 4 is 13.3 Å². The van der Waals surface area contributed by atoms with Gasteiger partial charge in [-0.25, -0.2) is 0 Å². The molecule has 1 aliphatic rings. The van der Waals surface area contributed by atoms with Crippen molar-refractivity contribution < 1.29 is 0 Å². The summed E-state index contributed by atoms with van der Waals surface area (Å²) in [4.78, 5) is 0. The Balaban J connectivity index is 2.07. The number of benzene rings is 2. The van der Waals surface area contributed by atoms with E-state index >= 15 is 0 Å². The standard InChI is InChI=1S/C18H22Si/c1-19(14-8-3-9-15-19)18-13-7-6-12-17(18)16-10-4-2-5-11-16/h2,4-7,10-13H,3,8-9,14-15H2,1H3. The Morgan fingerprint density at radius 1 is 0.737 bits per heavy atom. The summed E-state index contributed by atoms with van der Waals surface area (Å²) >= 11 is 0. The van der Waals surface area contributed by atoms with Crippen LogP contribution in [0.3, 0.4) is 0 Å². The maximum Gasteiger partial charge on any atom is 0.0844 e. The van der Waals surface area contributed by atoms with Gasteiger partial charge in [-0.15, -0.1) is 0 Å². The zero-order chi connectivity index (χ0) is 13.1. The maximum atomic E-state index is 2.59. The van der Waals surface area contributed by atoms with Crippen molar-refractivity contribution in [1.82, 2.24) is 0 Å². The van der Waals surface area contributed by atoms with Crippen LogP contribution in [0.5, 0.6) is 0 Å². The molecule has 1 fully saturated rings.